The molecule has 1 N–H and O–H groups in total. The van der Waals surface area contributed by atoms with E-state index in [1.165, 1.54) is 70.6 Å². The fourth-order valence-corrected chi connectivity index (χ4v) is 6.06. The number of carboxylic acid groups (broad SMARTS) is 1. The van der Waals surface area contributed by atoms with E-state index >= 15 is 0 Å². The molecule has 0 aromatic rings. The minimum Gasteiger partial charge on any atom is -0.481 e. The Hall–Kier alpha value is -0.530. The highest BCUT2D eigenvalue weighted by Gasteiger charge is 2.40. The van der Waals surface area contributed by atoms with Gasteiger partial charge in [-0.25, -0.2) is 0 Å². The summed E-state index contributed by atoms with van der Waals surface area (Å²) < 4.78 is 0. The summed E-state index contributed by atoms with van der Waals surface area (Å²) in [6.07, 6.45) is 21.3. The maximum absolute atomic E-state index is 10.5. The van der Waals surface area contributed by atoms with Gasteiger partial charge in [0.2, 0.25) is 0 Å². The maximum atomic E-state index is 10.5. The van der Waals surface area contributed by atoms with Gasteiger partial charge in [-0.1, -0.05) is 45.4 Å². The number of carboxylic acids is 1. The van der Waals surface area contributed by atoms with Crippen LogP contribution in [0.15, 0.2) is 0 Å². The lowest BCUT2D eigenvalue weighted by atomic mass is 9.58. The molecule has 3 rings (SSSR count). The first-order valence-corrected chi connectivity index (χ1v) is 11.9. The van der Waals surface area contributed by atoms with Gasteiger partial charge in [0.1, 0.15) is 0 Å². The van der Waals surface area contributed by atoms with Crippen molar-refractivity contribution in [3.63, 3.8) is 0 Å². The van der Waals surface area contributed by atoms with Crippen LogP contribution in [0.2, 0.25) is 0 Å². The zero-order chi connectivity index (χ0) is 18.4. The number of hydrogen-bond donors (Lipinski definition) is 1. The van der Waals surface area contributed by atoms with E-state index in [4.69, 9.17) is 5.11 Å². The second-order valence-electron chi connectivity index (χ2n) is 9.87. The van der Waals surface area contributed by atoms with Crippen LogP contribution in [0, 0.1) is 35.5 Å². The van der Waals surface area contributed by atoms with Gasteiger partial charge < -0.3 is 5.11 Å². The highest BCUT2D eigenvalue weighted by molar-refractivity contribution is 5.66. The van der Waals surface area contributed by atoms with Crippen LogP contribution in [-0.4, -0.2) is 11.1 Å². The molecule has 26 heavy (non-hydrogen) atoms. The lowest BCUT2D eigenvalue weighted by Crippen LogP contribution is -2.37. The smallest absolute Gasteiger partial charge is 0.303 e. The van der Waals surface area contributed by atoms with Gasteiger partial charge in [-0.15, -0.1) is 0 Å². The first kappa shape index (κ1) is 20.2. The fraction of sp³-hybridized carbons (Fsp3) is 0.958. The number of hydrogen-bond acceptors (Lipinski definition) is 1. The number of rotatable bonds is 13. The molecule has 0 radical (unpaired) electrons. The first-order valence-electron chi connectivity index (χ1n) is 11.9. The molecule has 0 heterocycles. The second-order valence-corrected chi connectivity index (χ2v) is 9.87. The fourth-order valence-electron chi connectivity index (χ4n) is 6.06. The van der Waals surface area contributed by atoms with E-state index in [1.54, 1.807) is 12.8 Å². The van der Waals surface area contributed by atoms with E-state index < -0.39 is 5.97 Å². The summed E-state index contributed by atoms with van der Waals surface area (Å²) in [7, 11) is 0. The van der Waals surface area contributed by atoms with Gasteiger partial charge in [-0.2, -0.15) is 0 Å². The van der Waals surface area contributed by atoms with Crippen molar-refractivity contribution in [3.8, 4) is 0 Å². The standard InChI is InChI=1S/C24H42O2/c1-2-18-10-12-20(18)16-22-14-15-23(22)17-21-13-11-19(21)8-6-4-3-5-7-9-24(25)26/h18-23H,2-17H2,1H3,(H,25,26)/t18-,19-,20-,21?,22?,23-/m1/s1. The average molecular weight is 363 g/mol. The molecule has 3 aliphatic carbocycles. The summed E-state index contributed by atoms with van der Waals surface area (Å²) in [5, 5.41) is 8.66. The summed E-state index contributed by atoms with van der Waals surface area (Å²) in [6.45, 7) is 2.39. The molecule has 6 atom stereocenters. The summed E-state index contributed by atoms with van der Waals surface area (Å²) in [5.74, 6) is 5.77. The summed E-state index contributed by atoms with van der Waals surface area (Å²) >= 11 is 0. The van der Waals surface area contributed by atoms with E-state index in [0.29, 0.717) is 6.42 Å². The third-order valence-electron chi connectivity index (χ3n) is 8.43. The molecular weight excluding hydrogens is 320 g/mol. The van der Waals surface area contributed by atoms with Crippen molar-refractivity contribution < 1.29 is 9.90 Å². The Balaban J connectivity index is 1.23. The Labute approximate surface area is 161 Å². The molecular formula is C24H42O2. The summed E-state index contributed by atoms with van der Waals surface area (Å²) in [4.78, 5) is 10.5. The van der Waals surface area contributed by atoms with Gasteiger partial charge in [-0.05, 0) is 93.3 Å². The van der Waals surface area contributed by atoms with E-state index in [2.05, 4.69) is 6.92 Å². The monoisotopic (exact) mass is 362 g/mol. The molecule has 0 aromatic carbocycles. The van der Waals surface area contributed by atoms with Gasteiger partial charge in [0.05, 0.1) is 0 Å². The van der Waals surface area contributed by atoms with Crippen molar-refractivity contribution in [2.45, 2.75) is 110 Å². The third kappa shape index (κ3) is 5.49. The molecule has 0 amide bonds. The predicted octanol–water partition coefficient (Wildman–Crippen LogP) is 7.07. The Morgan fingerprint density at radius 2 is 1.15 bits per heavy atom. The summed E-state index contributed by atoms with van der Waals surface area (Å²) in [6, 6.07) is 0. The lowest BCUT2D eigenvalue weighted by Gasteiger charge is -2.48. The van der Waals surface area contributed by atoms with Crippen LogP contribution in [0.4, 0.5) is 0 Å². The normalized spacial score (nSPS) is 36.0. The Morgan fingerprint density at radius 3 is 1.65 bits per heavy atom. The number of aliphatic carboxylic acids is 1. The van der Waals surface area contributed by atoms with Crippen molar-refractivity contribution in [2.75, 3.05) is 0 Å². The second kappa shape index (κ2) is 10.1. The first-order chi connectivity index (χ1) is 12.7. The van der Waals surface area contributed by atoms with Crippen molar-refractivity contribution in [3.05, 3.63) is 0 Å². The van der Waals surface area contributed by atoms with Gasteiger partial charge in [0.25, 0.3) is 0 Å². The van der Waals surface area contributed by atoms with E-state index in [-0.39, 0.29) is 0 Å². The Bertz CT molecular complexity index is 430. The van der Waals surface area contributed by atoms with E-state index in [9.17, 15) is 4.79 Å². The maximum Gasteiger partial charge on any atom is 0.303 e. The highest BCUT2D eigenvalue weighted by Crippen LogP contribution is 2.51. The zero-order valence-corrected chi connectivity index (χ0v) is 17.1. The van der Waals surface area contributed by atoms with Crippen molar-refractivity contribution in [2.24, 2.45) is 35.5 Å². The van der Waals surface area contributed by atoms with Crippen molar-refractivity contribution in [1.82, 2.24) is 0 Å². The Kier molecular flexibility index (Phi) is 7.88. The molecule has 3 fully saturated rings. The molecule has 150 valence electrons. The van der Waals surface area contributed by atoms with Crippen LogP contribution in [0.5, 0.6) is 0 Å². The van der Waals surface area contributed by atoms with Gasteiger partial charge in [0.15, 0.2) is 0 Å². The highest BCUT2D eigenvalue weighted by atomic mass is 16.4. The molecule has 2 heteroatoms. The number of unbranched alkanes of at least 4 members (excludes halogenated alkanes) is 4. The largest absolute Gasteiger partial charge is 0.481 e. The van der Waals surface area contributed by atoms with Crippen molar-refractivity contribution >= 4 is 5.97 Å². The van der Waals surface area contributed by atoms with Crippen molar-refractivity contribution in [1.29, 1.82) is 0 Å². The summed E-state index contributed by atoms with van der Waals surface area (Å²) in [5.41, 5.74) is 0. The van der Waals surface area contributed by atoms with Crippen LogP contribution in [-0.2, 0) is 4.79 Å². The van der Waals surface area contributed by atoms with Crippen LogP contribution in [0.25, 0.3) is 0 Å². The molecule has 0 spiro atoms. The molecule has 0 bridgehead atoms. The van der Waals surface area contributed by atoms with Gasteiger partial charge in [0, 0.05) is 6.42 Å². The van der Waals surface area contributed by atoms with Crippen LogP contribution in [0.3, 0.4) is 0 Å². The molecule has 3 aliphatic rings. The minimum atomic E-state index is -0.640. The SMILES string of the molecule is CC[C@@H]1CC[C@@H]1CC1CC[C@@H]1CC1CC[C@H]1CCCCCCCC(=O)O. The van der Waals surface area contributed by atoms with Gasteiger partial charge >= 0.3 is 5.97 Å². The van der Waals surface area contributed by atoms with Gasteiger partial charge in [-0.3, -0.25) is 4.79 Å². The van der Waals surface area contributed by atoms with Crippen LogP contribution in [0.1, 0.15) is 110 Å². The molecule has 2 nitrogen and oxygen atoms in total. The minimum absolute atomic E-state index is 0.354. The van der Waals surface area contributed by atoms with Crippen LogP contribution >= 0.6 is 0 Å². The zero-order valence-electron chi connectivity index (χ0n) is 17.1. The van der Waals surface area contributed by atoms with E-state index in [1.807, 2.05) is 0 Å². The third-order valence-corrected chi connectivity index (χ3v) is 8.43. The topological polar surface area (TPSA) is 37.3 Å². The van der Waals surface area contributed by atoms with E-state index in [0.717, 1.165) is 48.3 Å². The average Bonchev–Trinajstić information content (AvgIpc) is 2.55. The molecule has 0 saturated heterocycles. The lowest BCUT2D eigenvalue weighted by molar-refractivity contribution is -0.137. The quantitative estimate of drug-likeness (QED) is 0.356. The predicted molar refractivity (Wildman–Crippen MR) is 108 cm³/mol. The number of carbonyl (C=O) groups is 1. The molecule has 0 aliphatic heterocycles. The molecule has 2 unspecified atom stereocenters. The molecule has 3 saturated carbocycles. The molecule has 0 aromatic heterocycles. The Morgan fingerprint density at radius 1 is 0.692 bits per heavy atom. The van der Waals surface area contributed by atoms with Crippen LogP contribution < -0.4 is 0 Å².